The maximum atomic E-state index is 10.9. The summed E-state index contributed by atoms with van der Waals surface area (Å²) in [6, 6.07) is 4.20. The van der Waals surface area contributed by atoms with Crippen LogP contribution in [0.15, 0.2) is 12.1 Å². The minimum Gasteiger partial charge on any atom is -0.493 e. The molecule has 2 rings (SSSR count). The molecule has 1 saturated heterocycles. The van der Waals surface area contributed by atoms with E-state index in [1.165, 1.54) is 36.0 Å². The van der Waals surface area contributed by atoms with Crippen LogP contribution in [0.5, 0.6) is 5.75 Å². The molecule has 0 aliphatic carbocycles. The summed E-state index contributed by atoms with van der Waals surface area (Å²) in [7, 11) is 0. The highest BCUT2D eigenvalue weighted by Crippen LogP contribution is 2.27. The van der Waals surface area contributed by atoms with Crippen molar-refractivity contribution < 1.29 is 14.6 Å². The average molecular weight is 347 g/mol. The van der Waals surface area contributed by atoms with Crippen molar-refractivity contribution in [2.24, 2.45) is 11.8 Å². The van der Waals surface area contributed by atoms with E-state index < -0.39 is 5.97 Å². The van der Waals surface area contributed by atoms with Gasteiger partial charge in [-0.2, -0.15) is 0 Å². The van der Waals surface area contributed by atoms with Crippen molar-refractivity contribution in [3.8, 4) is 5.75 Å². The number of hydrogen-bond donors (Lipinski definition) is 1. The number of hydrogen-bond acceptors (Lipinski definition) is 3. The van der Waals surface area contributed by atoms with Gasteiger partial charge in [0.15, 0.2) is 0 Å². The van der Waals surface area contributed by atoms with Crippen LogP contribution in [0, 0.1) is 25.7 Å². The van der Waals surface area contributed by atoms with Gasteiger partial charge in [0, 0.05) is 19.6 Å². The zero-order chi connectivity index (χ0) is 18.4. The fraction of sp³-hybridized carbons (Fsp3) is 0.667. The number of ether oxygens (including phenoxy) is 1. The second-order valence-corrected chi connectivity index (χ2v) is 7.79. The van der Waals surface area contributed by atoms with E-state index in [4.69, 9.17) is 9.84 Å². The minimum absolute atomic E-state index is 0.195. The summed E-state index contributed by atoms with van der Waals surface area (Å²) in [5.41, 5.74) is 3.73. The second kappa shape index (κ2) is 9.23. The Balaban J connectivity index is 1.78. The third-order valence-electron chi connectivity index (χ3n) is 5.23. The molecule has 1 aliphatic rings. The van der Waals surface area contributed by atoms with Crippen LogP contribution in [0.1, 0.15) is 56.2 Å². The number of benzene rings is 1. The molecule has 25 heavy (non-hydrogen) atoms. The monoisotopic (exact) mass is 347 g/mol. The molecule has 0 amide bonds. The molecule has 0 unspecified atom stereocenters. The van der Waals surface area contributed by atoms with Crippen molar-refractivity contribution in [1.29, 1.82) is 0 Å². The van der Waals surface area contributed by atoms with Crippen molar-refractivity contribution in [2.45, 2.75) is 59.9 Å². The number of carbonyl (C=O) groups is 1. The van der Waals surface area contributed by atoms with Gasteiger partial charge in [0.2, 0.25) is 0 Å². The molecule has 140 valence electrons. The maximum Gasteiger partial charge on any atom is 0.309 e. The van der Waals surface area contributed by atoms with Crippen LogP contribution in [0.4, 0.5) is 0 Å². The minimum atomic E-state index is -0.679. The van der Waals surface area contributed by atoms with Crippen molar-refractivity contribution >= 4 is 5.97 Å². The number of unbranched alkanes of at least 4 members (excludes halogenated alkanes) is 2. The van der Waals surface area contributed by atoms with Gasteiger partial charge in [0.05, 0.1) is 12.5 Å². The maximum absolute atomic E-state index is 10.9. The molecule has 1 aromatic rings. The van der Waals surface area contributed by atoms with E-state index >= 15 is 0 Å². The fourth-order valence-corrected chi connectivity index (χ4v) is 3.29. The van der Waals surface area contributed by atoms with Crippen molar-refractivity contribution in [1.82, 2.24) is 4.90 Å². The van der Waals surface area contributed by atoms with Crippen LogP contribution in [0.25, 0.3) is 0 Å². The number of carboxylic acids is 1. The highest BCUT2D eigenvalue weighted by Gasteiger charge is 2.32. The fourth-order valence-electron chi connectivity index (χ4n) is 3.29. The van der Waals surface area contributed by atoms with E-state index in [0.29, 0.717) is 13.1 Å². The third kappa shape index (κ3) is 5.74. The first-order valence-electron chi connectivity index (χ1n) is 9.55. The van der Waals surface area contributed by atoms with Gasteiger partial charge in [-0.15, -0.1) is 0 Å². The first kappa shape index (κ1) is 19.8. The van der Waals surface area contributed by atoms with Gasteiger partial charge in [-0.1, -0.05) is 39.2 Å². The molecule has 1 aliphatic heterocycles. The smallest absolute Gasteiger partial charge is 0.309 e. The molecule has 4 heteroatoms. The van der Waals surface area contributed by atoms with E-state index in [-0.39, 0.29) is 5.92 Å². The quantitative estimate of drug-likeness (QED) is 0.637. The molecule has 1 N–H and O–H groups in total. The van der Waals surface area contributed by atoms with E-state index in [1.54, 1.807) is 0 Å². The van der Waals surface area contributed by atoms with Crippen LogP contribution in [-0.4, -0.2) is 35.7 Å². The molecule has 1 fully saturated rings. The summed E-state index contributed by atoms with van der Waals surface area (Å²) in [6.45, 7) is 11.7. The normalized spacial score (nSPS) is 15.4. The van der Waals surface area contributed by atoms with Crippen LogP contribution in [-0.2, 0) is 11.3 Å². The summed E-state index contributed by atoms with van der Waals surface area (Å²) in [6.07, 6.45) is 4.92. The van der Waals surface area contributed by atoms with Crippen LogP contribution in [0.3, 0.4) is 0 Å². The Bertz CT molecular complexity index is 577. The molecule has 0 radical (unpaired) electrons. The first-order valence-corrected chi connectivity index (χ1v) is 9.55. The topological polar surface area (TPSA) is 49.8 Å². The van der Waals surface area contributed by atoms with E-state index in [9.17, 15) is 4.79 Å². The lowest BCUT2D eigenvalue weighted by atomic mass is 9.97. The lowest BCUT2D eigenvalue weighted by molar-refractivity contribution is -0.147. The number of carboxylic acid groups (broad SMARTS) is 1. The van der Waals surface area contributed by atoms with Gasteiger partial charge in [0.1, 0.15) is 5.75 Å². The van der Waals surface area contributed by atoms with Crippen molar-refractivity contribution in [3.05, 3.63) is 28.8 Å². The summed E-state index contributed by atoms with van der Waals surface area (Å²) >= 11 is 0. The van der Waals surface area contributed by atoms with Crippen molar-refractivity contribution in [3.63, 3.8) is 0 Å². The van der Waals surface area contributed by atoms with E-state index in [0.717, 1.165) is 31.2 Å². The Morgan fingerprint density at radius 2 is 1.92 bits per heavy atom. The van der Waals surface area contributed by atoms with Gasteiger partial charge < -0.3 is 9.84 Å². The molecule has 0 aromatic heterocycles. The number of nitrogens with zero attached hydrogens (tertiary/aromatic N) is 1. The number of rotatable bonds is 10. The van der Waals surface area contributed by atoms with E-state index in [1.807, 2.05) is 0 Å². The Morgan fingerprint density at radius 1 is 1.20 bits per heavy atom. The Morgan fingerprint density at radius 3 is 2.56 bits per heavy atom. The zero-order valence-electron chi connectivity index (χ0n) is 16.2. The van der Waals surface area contributed by atoms with Crippen molar-refractivity contribution in [2.75, 3.05) is 19.7 Å². The Labute approximate surface area is 152 Å². The highest BCUT2D eigenvalue weighted by molar-refractivity contribution is 5.71. The van der Waals surface area contributed by atoms with Gasteiger partial charge in [0.25, 0.3) is 0 Å². The van der Waals surface area contributed by atoms with Gasteiger partial charge in [-0.25, -0.2) is 0 Å². The zero-order valence-corrected chi connectivity index (χ0v) is 16.2. The first-order chi connectivity index (χ1) is 11.9. The summed E-state index contributed by atoms with van der Waals surface area (Å²) in [5, 5.41) is 8.97. The molecule has 0 atom stereocenters. The molecule has 1 aromatic carbocycles. The van der Waals surface area contributed by atoms with Gasteiger partial charge >= 0.3 is 5.97 Å². The lowest BCUT2D eigenvalue weighted by Gasteiger charge is -2.37. The molecular formula is C21H33NO3. The number of aliphatic carboxylic acids is 1. The van der Waals surface area contributed by atoms with Gasteiger partial charge in [-0.3, -0.25) is 9.69 Å². The highest BCUT2D eigenvalue weighted by atomic mass is 16.5. The third-order valence-corrected chi connectivity index (χ3v) is 5.23. The predicted molar refractivity (Wildman–Crippen MR) is 101 cm³/mol. The standard InChI is InChI=1S/C21H33NO3/c1-15(2)8-6-5-7-11-25-20-10-9-18(16(3)17(20)4)12-22-13-19(14-22)21(23)24/h9-10,15,19H,5-8,11-14H2,1-4H3,(H,23,24). The van der Waals surface area contributed by atoms with Crippen LogP contribution in [0.2, 0.25) is 0 Å². The molecule has 1 heterocycles. The lowest BCUT2D eigenvalue weighted by Crippen LogP contribution is -2.49. The van der Waals surface area contributed by atoms with Crippen LogP contribution < -0.4 is 4.74 Å². The summed E-state index contributed by atoms with van der Waals surface area (Å²) in [5.74, 6) is 0.897. The largest absolute Gasteiger partial charge is 0.493 e. The molecule has 0 bridgehead atoms. The summed E-state index contributed by atoms with van der Waals surface area (Å²) < 4.78 is 5.98. The average Bonchev–Trinajstić information content (AvgIpc) is 2.51. The van der Waals surface area contributed by atoms with E-state index in [2.05, 4.69) is 44.7 Å². The molecular weight excluding hydrogens is 314 g/mol. The second-order valence-electron chi connectivity index (χ2n) is 7.79. The molecule has 0 spiro atoms. The summed E-state index contributed by atoms with van der Waals surface area (Å²) in [4.78, 5) is 13.1. The SMILES string of the molecule is Cc1c(CN2CC(C(=O)O)C2)ccc(OCCCCCC(C)C)c1C. The Kier molecular flexibility index (Phi) is 7.30. The van der Waals surface area contributed by atoms with Gasteiger partial charge in [-0.05, 0) is 48.9 Å². The predicted octanol–water partition coefficient (Wildman–Crippen LogP) is 4.42. The Hall–Kier alpha value is -1.55. The molecule has 0 saturated carbocycles. The molecule has 4 nitrogen and oxygen atoms in total. The van der Waals surface area contributed by atoms with Crippen LogP contribution >= 0.6 is 0 Å². The number of likely N-dealkylation sites (tertiary alicyclic amines) is 1.